The molecule has 0 aromatic heterocycles. The van der Waals surface area contributed by atoms with E-state index in [-0.39, 0.29) is 17.9 Å². The van der Waals surface area contributed by atoms with Gasteiger partial charge in [0.15, 0.2) is 0 Å². The van der Waals surface area contributed by atoms with Gasteiger partial charge in [-0.25, -0.2) is 4.79 Å². The number of amides is 3. The topological polar surface area (TPSA) is 70.7 Å². The molecule has 2 aromatic carbocycles. The highest BCUT2D eigenvalue weighted by atomic mass is 35.5. The Bertz CT molecular complexity index is 813. The van der Waals surface area contributed by atoms with Crippen molar-refractivity contribution in [2.45, 2.75) is 12.8 Å². The van der Waals surface area contributed by atoms with Crippen LogP contribution in [0.15, 0.2) is 48.5 Å². The second-order valence-corrected chi connectivity index (χ2v) is 6.83. The molecule has 2 N–H and O–H groups in total. The normalized spacial score (nSPS) is 16.5. The fourth-order valence-corrected chi connectivity index (χ4v) is 3.35. The van der Waals surface area contributed by atoms with Gasteiger partial charge in [0.05, 0.1) is 18.1 Å². The summed E-state index contributed by atoms with van der Waals surface area (Å²) >= 11 is 6.10. The fourth-order valence-electron chi connectivity index (χ4n) is 3.09. The molecule has 1 aliphatic rings. The third-order valence-corrected chi connectivity index (χ3v) is 4.82. The van der Waals surface area contributed by atoms with E-state index in [0.29, 0.717) is 29.5 Å². The molecular weight excluding hydrogens is 366 g/mol. The third kappa shape index (κ3) is 4.92. The quantitative estimate of drug-likeness (QED) is 0.824. The predicted octanol–water partition coefficient (Wildman–Crippen LogP) is 4.23. The lowest BCUT2D eigenvalue weighted by Crippen LogP contribution is -2.45. The number of ether oxygens (including phenoxy) is 1. The lowest BCUT2D eigenvalue weighted by molar-refractivity contribution is -0.121. The van der Waals surface area contributed by atoms with Gasteiger partial charge in [-0.2, -0.15) is 0 Å². The van der Waals surface area contributed by atoms with Gasteiger partial charge >= 0.3 is 6.03 Å². The molecule has 6 nitrogen and oxygen atoms in total. The minimum atomic E-state index is -0.263. The largest absolute Gasteiger partial charge is 0.495 e. The van der Waals surface area contributed by atoms with Crippen LogP contribution in [-0.2, 0) is 4.79 Å². The van der Waals surface area contributed by atoms with Gasteiger partial charge in [0.1, 0.15) is 5.75 Å². The van der Waals surface area contributed by atoms with Gasteiger partial charge in [0, 0.05) is 24.5 Å². The molecule has 1 saturated heterocycles. The summed E-state index contributed by atoms with van der Waals surface area (Å²) in [5, 5.41) is 6.17. The standard InChI is InChI=1S/C20H22ClN3O3/c1-27-18-10-9-16(12-17(18)21)22-19(25)14-6-5-11-24(13-14)20(26)23-15-7-3-2-4-8-15/h2-4,7-10,12,14H,5-6,11,13H2,1H3,(H,22,25)(H,23,26)/t14-/m1/s1. The van der Waals surface area contributed by atoms with Crippen molar-refractivity contribution in [1.29, 1.82) is 0 Å². The maximum Gasteiger partial charge on any atom is 0.321 e. The summed E-state index contributed by atoms with van der Waals surface area (Å²) in [7, 11) is 1.54. The highest BCUT2D eigenvalue weighted by Gasteiger charge is 2.28. The van der Waals surface area contributed by atoms with Gasteiger partial charge in [-0.15, -0.1) is 0 Å². The molecule has 3 amide bonds. The van der Waals surface area contributed by atoms with Crippen molar-refractivity contribution in [3.05, 3.63) is 53.6 Å². The Morgan fingerprint density at radius 1 is 1.11 bits per heavy atom. The van der Waals surface area contributed by atoms with Crippen LogP contribution in [0.25, 0.3) is 0 Å². The van der Waals surface area contributed by atoms with Gasteiger partial charge in [-0.3, -0.25) is 4.79 Å². The predicted molar refractivity (Wildman–Crippen MR) is 106 cm³/mol. The van der Waals surface area contributed by atoms with E-state index in [2.05, 4.69) is 10.6 Å². The Kier molecular flexibility index (Phi) is 6.19. The van der Waals surface area contributed by atoms with Crippen LogP contribution in [0, 0.1) is 5.92 Å². The number of carbonyl (C=O) groups is 2. The molecular formula is C20H22ClN3O3. The molecule has 1 fully saturated rings. The summed E-state index contributed by atoms with van der Waals surface area (Å²) in [4.78, 5) is 26.8. The van der Waals surface area contributed by atoms with Crippen LogP contribution in [0.1, 0.15) is 12.8 Å². The lowest BCUT2D eigenvalue weighted by Gasteiger charge is -2.32. The molecule has 27 heavy (non-hydrogen) atoms. The zero-order valence-electron chi connectivity index (χ0n) is 15.1. The SMILES string of the molecule is COc1ccc(NC(=O)[C@@H]2CCCN(C(=O)Nc3ccccc3)C2)cc1Cl. The number of para-hydroxylation sites is 1. The van der Waals surface area contributed by atoms with Crippen molar-refractivity contribution in [2.75, 3.05) is 30.8 Å². The van der Waals surface area contributed by atoms with Crippen LogP contribution in [0.5, 0.6) is 5.75 Å². The highest BCUT2D eigenvalue weighted by molar-refractivity contribution is 6.32. The van der Waals surface area contributed by atoms with E-state index < -0.39 is 0 Å². The third-order valence-electron chi connectivity index (χ3n) is 4.52. The molecule has 0 radical (unpaired) electrons. The number of methoxy groups -OCH3 is 1. The van der Waals surface area contributed by atoms with E-state index in [4.69, 9.17) is 16.3 Å². The van der Waals surface area contributed by atoms with Crippen molar-refractivity contribution in [3.63, 3.8) is 0 Å². The average Bonchev–Trinajstić information content (AvgIpc) is 2.69. The molecule has 1 atom stereocenters. The van der Waals surface area contributed by atoms with Gasteiger partial charge in [-0.1, -0.05) is 29.8 Å². The van der Waals surface area contributed by atoms with E-state index in [9.17, 15) is 9.59 Å². The smallest absolute Gasteiger partial charge is 0.321 e. The molecule has 7 heteroatoms. The number of rotatable bonds is 4. The van der Waals surface area contributed by atoms with Crippen LogP contribution in [-0.4, -0.2) is 37.0 Å². The zero-order valence-corrected chi connectivity index (χ0v) is 15.8. The number of nitrogens with one attached hydrogen (secondary N) is 2. The number of benzene rings is 2. The van der Waals surface area contributed by atoms with Crippen LogP contribution in [0.3, 0.4) is 0 Å². The van der Waals surface area contributed by atoms with Crippen molar-refractivity contribution >= 4 is 34.9 Å². The van der Waals surface area contributed by atoms with Gasteiger partial charge < -0.3 is 20.3 Å². The minimum absolute atomic E-state index is 0.117. The monoisotopic (exact) mass is 387 g/mol. The number of halogens is 1. The molecule has 3 rings (SSSR count). The summed E-state index contributed by atoms with van der Waals surface area (Å²) < 4.78 is 5.11. The van der Waals surface area contributed by atoms with Gasteiger partial charge in [0.2, 0.25) is 5.91 Å². The summed E-state index contributed by atoms with van der Waals surface area (Å²) in [6.07, 6.45) is 1.52. The highest BCUT2D eigenvalue weighted by Crippen LogP contribution is 2.28. The second-order valence-electron chi connectivity index (χ2n) is 6.42. The van der Waals surface area contributed by atoms with Crippen molar-refractivity contribution in [1.82, 2.24) is 4.90 Å². The van der Waals surface area contributed by atoms with E-state index in [0.717, 1.165) is 18.5 Å². The summed E-state index contributed by atoms with van der Waals surface area (Å²) in [5.74, 6) is 0.172. The first-order valence-corrected chi connectivity index (χ1v) is 9.20. The average molecular weight is 388 g/mol. The van der Waals surface area contributed by atoms with E-state index >= 15 is 0 Å². The first-order chi connectivity index (χ1) is 13.1. The molecule has 0 spiro atoms. The van der Waals surface area contributed by atoms with Crippen LogP contribution in [0.2, 0.25) is 5.02 Å². The summed E-state index contributed by atoms with van der Waals surface area (Å²) in [6, 6.07) is 14.2. The molecule has 0 saturated carbocycles. The van der Waals surface area contributed by atoms with E-state index in [1.54, 1.807) is 23.1 Å². The Hall–Kier alpha value is -2.73. The first-order valence-electron chi connectivity index (χ1n) is 8.82. The van der Waals surface area contributed by atoms with Crippen LogP contribution >= 0.6 is 11.6 Å². The van der Waals surface area contributed by atoms with Crippen molar-refractivity contribution in [2.24, 2.45) is 5.92 Å². The number of hydrogen-bond acceptors (Lipinski definition) is 3. The van der Waals surface area contributed by atoms with E-state index in [1.165, 1.54) is 7.11 Å². The van der Waals surface area contributed by atoms with E-state index in [1.807, 2.05) is 30.3 Å². The second kappa shape index (κ2) is 8.77. The number of carbonyl (C=O) groups excluding carboxylic acids is 2. The van der Waals surface area contributed by atoms with Gasteiger partial charge in [-0.05, 0) is 43.2 Å². The van der Waals surface area contributed by atoms with Crippen LogP contribution in [0.4, 0.5) is 16.2 Å². The Balaban J connectivity index is 1.59. The first kappa shape index (κ1) is 19.0. The Morgan fingerprint density at radius 3 is 2.59 bits per heavy atom. The number of piperidine rings is 1. The molecule has 0 bridgehead atoms. The lowest BCUT2D eigenvalue weighted by atomic mass is 9.97. The maximum atomic E-state index is 12.6. The molecule has 1 heterocycles. The number of nitrogens with zero attached hydrogens (tertiary/aromatic N) is 1. The van der Waals surface area contributed by atoms with Crippen LogP contribution < -0.4 is 15.4 Å². The number of likely N-dealkylation sites (tertiary alicyclic amines) is 1. The number of hydrogen-bond donors (Lipinski definition) is 2. The van der Waals surface area contributed by atoms with Crippen molar-refractivity contribution in [3.8, 4) is 5.75 Å². The number of urea groups is 1. The number of anilines is 2. The zero-order chi connectivity index (χ0) is 19.2. The molecule has 2 aromatic rings. The van der Waals surface area contributed by atoms with Gasteiger partial charge in [0.25, 0.3) is 0 Å². The molecule has 0 unspecified atom stereocenters. The molecule has 142 valence electrons. The minimum Gasteiger partial charge on any atom is -0.495 e. The molecule has 0 aliphatic carbocycles. The molecule has 1 aliphatic heterocycles. The Morgan fingerprint density at radius 2 is 1.89 bits per heavy atom. The maximum absolute atomic E-state index is 12.6. The summed E-state index contributed by atoms with van der Waals surface area (Å²) in [6.45, 7) is 1.02. The Labute approximate surface area is 163 Å². The summed E-state index contributed by atoms with van der Waals surface area (Å²) in [5.41, 5.74) is 1.35. The van der Waals surface area contributed by atoms with Crippen molar-refractivity contribution < 1.29 is 14.3 Å². The fraction of sp³-hybridized carbons (Fsp3) is 0.300.